The monoisotopic (exact) mass is 417 g/mol. The van der Waals surface area contributed by atoms with Crippen molar-refractivity contribution in [2.45, 2.75) is 39.2 Å². The number of urea groups is 1. The first-order chi connectivity index (χ1) is 14.5. The summed E-state index contributed by atoms with van der Waals surface area (Å²) in [5.74, 6) is 0.247. The minimum absolute atomic E-state index is 0.0418. The molecule has 30 heavy (non-hydrogen) atoms. The van der Waals surface area contributed by atoms with Crippen LogP contribution in [0.25, 0.3) is 0 Å². The number of likely N-dealkylation sites (tertiary alicyclic amines) is 1. The predicted molar refractivity (Wildman–Crippen MR) is 116 cm³/mol. The molecule has 0 unspecified atom stereocenters. The van der Waals surface area contributed by atoms with Gasteiger partial charge in [0.2, 0.25) is 0 Å². The third-order valence-electron chi connectivity index (χ3n) is 5.72. The molecule has 3 rings (SSSR count). The first kappa shape index (κ1) is 22.3. The van der Waals surface area contributed by atoms with Crippen LogP contribution < -0.4 is 10.2 Å². The Hall–Kier alpha value is -2.35. The molecule has 0 saturated carbocycles. The second kappa shape index (κ2) is 11.2. The number of carbonyl (C=O) groups excluding carboxylic acids is 2. The van der Waals surface area contributed by atoms with Gasteiger partial charge in [0, 0.05) is 69.9 Å². The Kier molecular flexibility index (Phi) is 8.30. The first-order valence-electron chi connectivity index (χ1n) is 11.1. The molecule has 3 heterocycles. The van der Waals surface area contributed by atoms with Gasteiger partial charge in [-0.3, -0.25) is 9.78 Å². The van der Waals surface area contributed by atoms with Crippen LogP contribution in [0.5, 0.6) is 0 Å². The zero-order chi connectivity index (χ0) is 21.3. The highest BCUT2D eigenvalue weighted by Crippen LogP contribution is 2.16. The number of nitrogens with zero attached hydrogens (tertiary/aromatic N) is 4. The molecule has 1 N–H and O–H groups in total. The van der Waals surface area contributed by atoms with Crippen LogP contribution in [-0.4, -0.2) is 85.2 Å². The van der Waals surface area contributed by atoms with E-state index < -0.39 is 0 Å². The van der Waals surface area contributed by atoms with Crippen molar-refractivity contribution in [1.82, 2.24) is 20.1 Å². The summed E-state index contributed by atoms with van der Waals surface area (Å²) in [7, 11) is 0. The van der Waals surface area contributed by atoms with Gasteiger partial charge in [-0.15, -0.1) is 0 Å². The topological polar surface area (TPSA) is 78.0 Å². The van der Waals surface area contributed by atoms with Gasteiger partial charge >= 0.3 is 12.0 Å². The highest BCUT2D eigenvalue weighted by molar-refractivity contribution is 5.75. The van der Waals surface area contributed by atoms with Crippen LogP contribution in [0.3, 0.4) is 0 Å². The first-order valence-corrected chi connectivity index (χ1v) is 11.1. The minimum Gasteiger partial charge on any atom is -0.465 e. The van der Waals surface area contributed by atoms with Crippen molar-refractivity contribution in [3.8, 4) is 0 Å². The van der Waals surface area contributed by atoms with Crippen molar-refractivity contribution in [2.24, 2.45) is 5.92 Å². The van der Waals surface area contributed by atoms with Gasteiger partial charge in [-0.2, -0.15) is 0 Å². The number of carbonyl (C=O) groups is 2. The van der Waals surface area contributed by atoms with E-state index in [1.807, 2.05) is 30.9 Å². The van der Waals surface area contributed by atoms with Crippen molar-refractivity contribution in [2.75, 3.05) is 57.3 Å². The Bertz CT molecular complexity index is 669. The van der Waals surface area contributed by atoms with Crippen molar-refractivity contribution >= 4 is 17.7 Å². The second-order valence-electron chi connectivity index (χ2n) is 8.57. The summed E-state index contributed by atoms with van der Waals surface area (Å²) in [6, 6.07) is 4.26. The van der Waals surface area contributed by atoms with Gasteiger partial charge in [0.05, 0.1) is 13.0 Å². The van der Waals surface area contributed by atoms with E-state index in [0.717, 1.165) is 64.3 Å². The lowest BCUT2D eigenvalue weighted by atomic mass is 10.1. The summed E-state index contributed by atoms with van der Waals surface area (Å²) < 4.78 is 5.24. The molecule has 2 saturated heterocycles. The largest absolute Gasteiger partial charge is 0.465 e. The number of ether oxygens (including phenoxy) is 1. The van der Waals surface area contributed by atoms with Crippen LogP contribution in [0, 0.1) is 5.92 Å². The van der Waals surface area contributed by atoms with Crippen molar-refractivity contribution < 1.29 is 14.3 Å². The fourth-order valence-electron chi connectivity index (χ4n) is 3.87. The number of rotatable bonds is 7. The van der Waals surface area contributed by atoms with Gasteiger partial charge in [0.15, 0.2) is 0 Å². The molecule has 2 aliphatic heterocycles. The summed E-state index contributed by atoms with van der Waals surface area (Å²) in [6.45, 7) is 10.2. The van der Waals surface area contributed by atoms with E-state index >= 15 is 0 Å². The molecular formula is C22H35N5O3. The molecule has 2 fully saturated rings. The van der Waals surface area contributed by atoms with Crippen molar-refractivity contribution in [3.63, 3.8) is 0 Å². The number of hydrogen-bond acceptors (Lipinski definition) is 6. The molecule has 2 amide bonds. The van der Waals surface area contributed by atoms with E-state index in [1.54, 1.807) is 12.4 Å². The Morgan fingerprint density at radius 3 is 2.40 bits per heavy atom. The SMILES string of the molecule is CC(C)COC(=O)CCN1CCC(NC(=O)N2CCN(c3ccncc3)CC2)CC1. The number of piperazine rings is 1. The van der Waals surface area contributed by atoms with E-state index in [2.05, 4.69) is 20.1 Å². The third kappa shape index (κ3) is 6.86. The Labute approximate surface area is 179 Å². The number of hydrogen-bond donors (Lipinski definition) is 1. The van der Waals surface area contributed by atoms with Crippen LogP contribution in [-0.2, 0) is 9.53 Å². The highest BCUT2D eigenvalue weighted by atomic mass is 16.5. The zero-order valence-corrected chi connectivity index (χ0v) is 18.3. The Morgan fingerprint density at radius 1 is 1.10 bits per heavy atom. The molecule has 8 nitrogen and oxygen atoms in total. The number of esters is 1. The number of amides is 2. The number of anilines is 1. The molecule has 1 aromatic rings. The predicted octanol–water partition coefficient (Wildman–Crippen LogP) is 1.97. The van der Waals surface area contributed by atoms with Crippen LogP contribution in [0.15, 0.2) is 24.5 Å². The number of nitrogens with one attached hydrogen (secondary N) is 1. The molecule has 0 aliphatic carbocycles. The van der Waals surface area contributed by atoms with Crippen molar-refractivity contribution in [3.05, 3.63) is 24.5 Å². The average Bonchev–Trinajstić information content (AvgIpc) is 2.78. The summed E-state index contributed by atoms with van der Waals surface area (Å²) in [5.41, 5.74) is 1.16. The van der Waals surface area contributed by atoms with E-state index in [0.29, 0.717) is 18.9 Å². The average molecular weight is 418 g/mol. The Morgan fingerprint density at radius 2 is 1.77 bits per heavy atom. The maximum atomic E-state index is 12.6. The molecule has 1 aromatic heterocycles. The van der Waals surface area contributed by atoms with Gasteiger partial charge < -0.3 is 24.8 Å². The number of piperidine rings is 1. The van der Waals surface area contributed by atoms with Gasteiger partial charge in [0.25, 0.3) is 0 Å². The fourth-order valence-corrected chi connectivity index (χ4v) is 3.87. The van der Waals surface area contributed by atoms with E-state index in [-0.39, 0.29) is 18.0 Å². The second-order valence-corrected chi connectivity index (χ2v) is 8.57. The summed E-state index contributed by atoms with van der Waals surface area (Å²) in [4.78, 5) is 35.0. The standard InChI is InChI=1S/C22H35N5O3/c1-18(2)17-30-21(28)7-12-25-10-5-19(6-11-25)24-22(29)27-15-13-26(14-16-27)20-3-8-23-9-4-20/h3-4,8-9,18-19H,5-7,10-17H2,1-2H3,(H,24,29). The molecule has 0 atom stereocenters. The minimum atomic E-state index is -0.120. The maximum Gasteiger partial charge on any atom is 0.317 e. The molecule has 0 bridgehead atoms. The van der Waals surface area contributed by atoms with Gasteiger partial charge in [-0.05, 0) is 30.9 Å². The number of pyridine rings is 1. The molecule has 0 spiro atoms. The molecule has 8 heteroatoms. The molecule has 2 aliphatic rings. The van der Waals surface area contributed by atoms with E-state index in [4.69, 9.17) is 4.74 Å². The Balaban J connectivity index is 1.31. The zero-order valence-electron chi connectivity index (χ0n) is 18.3. The molecular weight excluding hydrogens is 382 g/mol. The van der Waals surface area contributed by atoms with Crippen LogP contribution >= 0.6 is 0 Å². The normalized spacial score (nSPS) is 18.5. The third-order valence-corrected chi connectivity index (χ3v) is 5.72. The summed E-state index contributed by atoms with van der Waals surface area (Å²) >= 11 is 0. The van der Waals surface area contributed by atoms with E-state index in [9.17, 15) is 9.59 Å². The van der Waals surface area contributed by atoms with Crippen LogP contribution in [0.4, 0.5) is 10.5 Å². The lowest BCUT2D eigenvalue weighted by molar-refractivity contribution is -0.145. The van der Waals surface area contributed by atoms with E-state index in [1.165, 1.54) is 0 Å². The summed E-state index contributed by atoms with van der Waals surface area (Å²) in [5, 5.41) is 3.20. The highest BCUT2D eigenvalue weighted by Gasteiger charge is 2.25. The van der Waals surface area contributed by atoms with Crippen LogP contribution in [0.1, 0.15) is 33.1 Å². The molecule has 0 aromatic carbocycles. The smallest absolute Gasteiger partial charge is 0.317 e. The van der Waals surface area contributed by atoms with Gasteiger partial charge in [0.1, 0.15) is 0 Å². The summed E-state index contributed by atoms with van der Waals surface area (Å²) in [6.07, 6.45) is 5.88. The lowest BCUT2D eigenvalue weighted by Crippen LogP contribution is -2.55. The van der Waals surface area contributed by atoms with Crippen molar-refractivity contribution in [1.29, 1.82) is 0 Å². The number of aromatic nitrogens is 1. The molecule has 166 valence electrons. The maximum absolute atomic E-state index is 12.6. The van der Waals surface area contributed by atoms with Gasteiger partial charge in [-0.25, -0.2) is 4.79 Å². The van der Waals surface area contributed by atoms with Crippen LogP contribution in [0.2, 0.25) is 0 Å². The fraction of sp³-hybridized carbons (Fsp3) is 0.682. The van der Waals surface area contributed by atoms with Gasteiger partial charge in [-0.1, -0.05) is 13.8 Å². The molecule has 0 radical (unpaired) electrons. The quantitative estimate of drug-likeness (QED) is 0.684. The lowest BCUT2D eigenvalue weighted by Gasteiger charge is -2.38.